The molecule has 0 radical (unpaired) electrons. The van der Waals surface area contributed by atoms with E-state index in [0.717, 1.165) is 20.3 Å². The third-order valence-electron chi connectivity index (χ3n) is 2.11. The van der Waals surface area contributed by atoms with E-state index >= 15 is 0 Å². The number of rotatable bonds is 2. The Morgan fingerprint density at radius 2 is 1.50 bits per heavy atom. The van der Waals surface area contributed by atoms with Gasteiger partial charge in [-0.05, 0) is 62.2 Å². The number of aromatic hydroxyl groups is 1. The molecule has 0 aromatic heterocycles. The maximum Gasteiger partial charge on any atom is 0.300 e. The highest BCUT2D eigenvalue weighted by Crippen LogP contribution is 2.41. The molecular formula is C14H10Br4O4. The van der Waals surface area contributed by atoms with Crippen molar-refractivity contribution in [3.8, 4) is 17.2 Å². The van der Waals surface area contributed by atoms with E-state index in [1.54, 1.807) is 12.1 Å². The van der Waals surface area contributed by atoms with E-state index in [-0.39, 0.29) is 5.75 Å². The van der Waals surface area contributed by atoms with Crippen molar-refractivity contribution in [2.45, 2.75) is 6.92 Å². The summed E-state index contributed by atoms with van der Waals surface area (Å²) in [6, 6.07) is 9.00. The molecule has 0 aliphatic rings. The summed E-state index contributed by atoms with van der Waals surface area (Å²) in [4.78, 5) is 9.00. The molecule has 4 nitrogen and oxygen atoms in total. The molecule has 0 amide bonds. The van der Waals surface area contributed by atoms with Crippen LogP contribution in [0.2, 0.25) is 0 Å². The van der Waals surface area contributed by atoms with Crippen LogP contribution in [0.3, 0.4) is 0 Å². The van der Waals surface area contributed by atoms with E-state index in [2.05, 4.69) is 63.7 Å². The molecular weight excluding hydrogens is 552 g/mol. The van der Waals surface area contributed by atoms with Crippen molar-refractivity contribution in [3.05, 3.63) is 48.2 Å². The second-order valence-electron chi connectivity index (χ2n) is 3.93. The molecule has 22 heavy (non-hydrogen) atoms. The van der Waals surface area contributed by atoms with Crippen LogP contribution < -0.4 is 4.74 Å². The second-order valence-corrected chi connectivity index (χ2v) is 7.47. The molecule has 8 heteroatoms. The number of carboxylic acids is 1. The summed E-state index contributed by atoms with van der Waals surface area (Å²) in [7, 11) is 0. The first-order chi connectivity index (χ1) is 10.2. The fraction of sp³-hybridized carbons (Fsp3) is 0.0714. The van der Waals surface area contributed by atoms with Gasteiger partial charge in [0.2, 0.25) is 0 Å². The number of phenols is 1. The lowest BCUT2D eigenvalue weighted by molar-refractivity contribution is -0.134. The summed E-state index contributed by atoms with van der Waals surface area (Å²) in [5.41, 5.74) is 0. The number of phenolic OH excluding ortho intramolecular Hbond substituents is 1. The number of benzene rings is 2. The fourth-order valence-corrected chi connectivity index (χ4v) is 3.61. The molecule has 2 aromatic rings. The van der Waals surface area contributed by atoms with Gasteiger partial charge in [-0.3, -0.25) is 4.79 Å². The van der Waals surface area contributed by atoms with Gasteiger partial charge in [0.15, 0.2) is 11.5 Å². The number of hydrogen-bond donors (Lipinski definition) is 2. The van der Waals surface area contributed by atoms with Gasteiger partial charge >= 0.3 is 0 Å². The van der Waals surface area contributed by atoms with Gasteiger partial charge in [-0.15, -0.1) is 0 Å². The summed E-state index contributed by atoms with van der Waals surface area (Å²) < 4.78 is 8.81. The maximum absolute atomic E-state index is 9.91. The first-order valence-electron chi connectivity index (χ1n) is 5.71. The predicted molar refractivity (Wildman–Crippen MR) is 98.7 cm³/mol. The summed E-state index contributed by atoms with van der Waals surface area (Å²) >= 11 is 13.4. The molecule has 0 bridgehead atoms. The van der Waals surface area contributed by atoms with Gasteiger partial charge in [-0.1, -0.05) is 31.9 Å². The summed E-state index contributed by atoms with van der Waals surface area (Å²) in [5, 5.41) is 17.3. The highest BCUT2D eigenvalue weighted by Gasteiger charge is 2.11. The van der Waals surface area contributed by atoms with Crippen LogP contribution in [0.25, 0.3) is 0 Å². The minimum absolute atomic E-state index is 0.0630. The van der Waals surface area contributed by atoms with Crippen molar-refractivity contribution in [2.24, 2.45) is 0 Å². The van der Waals surface area contributed by atoms with Crippen molar-refractivity contribution in [1.29, 1.82) is 0 Å². The van der Waals surface area contributed by atoms with Gasteiger partial charge in [0.1, 0.15) is 5.75 Å². The number of aliphatic carboxylic acids is 1. The smallest absolute Gasteiger partial charge is 0.300 e. The molecule has 0 heterocycles. The summed E-state index contributed by atoms with van der Waals surface area (Å²) in [5.74, 6) is 0.228. The largest absolute Gasteiger partial charge is 0.503 e. The number of carbonyl (C=O) groups is 1. The molecule has 0 fully saturated rings. The Labute approximate surface area is 161 Å². The zero-order valence-electron chi connectivity index (χ0n) is 11.1. The lowest BCUT2D eigenvalue weighted by atomic mass is 10.3. The Kier molecular flexibility index (Phi) is 7.88. The predicted octanol–water partition coefficient (Wildman–Crippen LogP) is 6.33. The molecule has 0 aliphatic carbocycles. The lowest BCUT2D eigenvalue weighted by Crippen LogP contribution is -1.87. The maximum atomic E-state index is 9.91. The highest BCUT2D eigenvalue weighted by molar-refractivity contribution is 9.11. The first kappa shape index (κ1) is 19.5. The zero-order chi connectivity index (χ0) is 16.9. The fourth-order valence-electron chi connectivity index (χ4n) is 1.30. The van der Waals surface area contributed by atoms with Crippen LogP contribution in [-0.2, 0) is 4.79 Å². The molecule has 2 aromatic carbocycles. The summed E-state index contributed by atoms with van der Waals surface area (Å²) in [6.45, 7) is 1.08. The third kappa shape index (κ3) is 6.28. The quantitative estimate of drug-likeness (QED) is 0.450. The first-order valence-corrected chi connectivity index (χ1v) is 8.88. The molecule has 0 saturated heterocycles. The highest BCUT2D eigenvalue weighted by atomic mass is 79.9. The Hall–Kier alpha value is -0.570. The topological polar surface area (TPSA) is 66.8 Å². The van der Waals surface area contributed by atoms with Crippen LogP contribution in [0.5, 0.6) is 17.2 Å². The Morgan fingerprint density at radius 3 is 2.05 bits per heavy atom. The van der Waals surface area contributed by atoms with E-state index in [0.29, 0.717) is 16.0 Å². The number of ether oxygens (including phenoxy) is 1. The van der Waals surface area contributed by atoms with Gasteiger partial charge in [0.25, 0.3) is 5.97 Å². The van der Waals surface area contributed by atoms with E-state index in [4.69, 9.17) is 14.6 Å². The zero-order valence-corrected chi connectivity index (χ0v) is 17.5. The van der Waals surface area contributed by atoms with Gasteiger partial charge in [-0.25, -0.2) is 0 Å². The van der Waals surface area contributed by atoms with Crippen LogP contribution in [0.1, 0.15) is 6.92 Å². The van der Waals surface area contributed by atoms with Gasteiger partial charge in [0.05, 0.1) is 8.95 Å². The van der Waals surface area contributed by atoms with Crippen molar-refractivity contribution in [2.75, 3.05) is 0 Å². The number of hydrogen-bond acceptors (Lipinski definition) is 3. The average Bonchev–Trinajstić information content (AvgIpc) is 2.37. The van der Waals surface area contributed by atoms with Crippen molar-refractivity contribution >= 4 is 69.7 Å². The number of halogens is 4. The number of carboxylic acid groups (broad SMARTS) is 1. The van der Waals surface area contributed by atoms with E-state index < -0.39 is 5.97 Å². The van der Waals surface area contributed by atoms with Crippen LogP contribution in [0, 0.1) is 0 Å². The van der Waals surface area contributed by atoms with Crippen LogP contribution in [0.15, 0.2) is 48.2 Å². The van der Waals surface area contributed by atoms with Gasteiger partial charge in [0, 0.05) is 15.9 Å². The average molecular weight is 562 g/mol. The van der Waals surface area contributed by atoms with E-state index in [1.807, 2.05) is 18.2 Å². The van der Waals surface area contributed by atoms with Crippen LogP contribution in [0.4, 0.5) is 0 Å². The van der Waals surface area contributed by atoms with E-state index in [9.17, 15) is 5.11 Å². The van der Waals surface area contributed by atoms with Gasteiger partial charge < -0.3 is 14.9 Å². The minimum atomic E-state index is -0.833. The molecule has 0 saturated carbocycles. The molecule has 118 valence electrons. The van der Waals surface area contributed by atoms with Crippen molar-refractivity contribution < 1.29 is 19.7 Å². The van der Waals surface area contributed by atoms with Crippen molar-refractivity contribution in [3.63, 3.8) is 0 Å². The molecule has 2 rings (SSSR count). The van der Waals surface area contributed by atoms with E-state index in [1.165, 1.54) is 0 Å². The Bertz CT molecular complexity index is 685. The summed E-state index contributed by atoms with van der Waals surface area (Å²) in [6.07, 6.45) is 0. The molecule has 2 N–H and O–H groups in total. The second kappa shape index (κ2) is 8.90. The Balaban J connectivity index is 0.000000541. The van der Waals surface area contributed by atoms with Crippen molar-refractivity contribution in [1.82, 2.24) is 0 Å². The standard InChI is InChI=1S/C12H6Br4O2.C2H4O2/c13-6-1-2-10(8(15)3-6)18-11-5-7(14)4-9(16)12(11)17;1-2(3)4/h1-5,17H;1H3,(H,3,4). The van der Waals surface area contributed by atoms with Crippen LogP contribution in [-0.4, -0.2) is 16.2 Å². The van der Waals surface area contributed by atoms with Crippen LogP contribution >= 0.6 is 63.7 Å². The Morgan fingerprint density at radius 1 is 0.955 bits per heavy atom. The van der Waals surface area contributed by atoms with Gasteiger partial charge in [-0.2, -0.15) is 0 Å². The molecule has 0 spiro atoms. The normalized spacial score (nSPS) is 9.68. The SMILES string of the molecule is CC(=O)O.Oc1c(Br)cc(Br)cc1Oc1ccc(Br)cc1Br. The molecule has 0 atom stereocenters. The molecule has 0 aliphatic heterocycles. The lowest BCUT2D eigenvalue weighted by Gasteiger charge is -2.11. The minimum Gasteiger partial charge on any atom is -0.503 e. The third-order valence-corrected chi connectivity index (χ3v) is 4.28. The monoisotopic (exact) mass is 558 g/mol. The molecule has 0 unspecified atom stereocenters.